The fourth-order valence-electron chi connectivity index (χ4n) is 0.210. The van der Waals surface area contributed by atoms with Crippen molar-refractivity contribution in [1.82, 2.24) is 0 Å². The highest BCUT2D eigenvalue weighted by atomic mass is 35.5. The van der Waals surface area contributed by atoms with Gasteiger partial charge in [-0.1, -0.05) is 23.2 Å². The quantitative estimate of drug-likeness (QED) is 0.496. The average Bonchev–Trinajstić information content (AvgIpc) is 1.77. The highest BCUT2D eigenvalue weighted by molar-refractivity contribution is 6.75. The third kappa shape index (κ3) is 1.05. The van der Waals surface area contributed by atoms with Crippen molar-refractivity contribution >= 4 is 28.4 Å². The lowest BCUT2D eigenvalue weighted by Crippen LogP contribution is -1.96. The first-order valence-electron chi connectivity index (χ1n) is 1.73. The molecule has 0 fully saturated rings. The minimum atomic E-state index is 0.0953. The van der Waals surface area contributed by atoms with Gasteiger partial charge < -0.3 is 0 Å². The molecule has 0 spiro atoms. The van der Waals surface area contributed by atoms with Gasteiger partial charge in [-0.3, -0.25) is 4.89 Å². The van der Waals surface area contributed by atoms with Crippen LogP contribution in [0.5, 0.6) is 0 Å². The number of hydrogen-bond acceptors (Lipinski definition) is 3. The molecule has 1 aliphatic heterocycles. The predicted octanol–water partition coefficient (Wildman–Crippen LogP) is 1.58. The lowest BCUT2D eigenvalue weighted by molar-refractivity contribution is -0.251. The number of hydrogen-bond donors (Lipinski definition) is 0. The van der Waals surface area contributed by atoms with Crippen LogP contribution in [0.3, 0.4) is 0 Å². The van der Waals surface area contributed by atoms with Crippen molar-refractivity contribution in [2.45, 2.75) is 0 Å². The van der Waals surface area contributed by atoms with Gasteiger partial charge in [-0.05, 0) is 5.16 Å². The van der Waals surface area contributed by atoms with Crippen LogP contribution in [0.1, 0.15) is 0 Å². The second-order valence-corrected chi connectivity index (χ2v) is 1.78. The summed E-state index contributed by atoms with van der Waals surface area (Å²) in [6, 6.07) is 0. The van der Waals surface area contributed by atoms with E-state index in [4.69, 9.17) is 23.2 Å². The first-order valence-corrected chi connectivity index (χ1v) is 2.48. The third-order valence-corrected chi connectivity index (χ3v) is 1.15. The number of allylic oxidation sites excluding steroid dienone is 1. The van der Waals surface area contributed by atoms with Gasteiger partial charge >= 0.3 is 0 Å². The lowest BCUT2D eigenvalue weighted by atomic mass is 10.7. The number of halogens is 2. The van der Waals surface area contributed by atoms with Crippen LogP contribution in [0.2, 0.25) is 0 Å². The highest BCUT2D eigenvalue weighted by Crippen LogP contribution is 2.12. The normalized spacial score (nSPS) is 17.8. The van der Waals surface area contributed by atoms with Gasteiger partial charge in [0.2, 0.25) is 0 Å². The summed E-state index contributed by atoms with van der Waals surface area (Å²) in [6.07, 6.45) is 1.15. The molecular weight excluding hydrogens is 153 g/mol. The molecule has 3 nitrogen and oxygen atoms in total. The lowest BCUT2D eigenvalue weighted by Gasteiger charge is -2.00. The molecule has 0 radical (unpaired) electrons. The molecule has 0 unspecified atom stereocenters. The van der Waals surface area contributed by atoms with E-state index < -0.39 is 0 Å². The standard InChI is InChI=1S/C3HCl2NO2/c4-2-1-7-8-6-3(2)5/h1H. The zero-order chi connectivity index (χ0) is 5.98. The average molecular weight is 154 g/mol. The maximum atomic E-state index is 5.36. The van der Waals surface area contributed by atoms with Crippen molar-refractivity contribution < 1.29 is 9.88 Å². The first-order chi connectivity index (χ1) is 3.80. The van der Waals surface area contributed by atoms with Crippen LogP contribution in [0, 0.1) is 0 Å². The fourth-order valence-corrected chi connectivity index (χ4v) is 0.354. The number of rotatable bonds is 0. The van der Waals surface area contributed by atoms with Crippen LogP contribution in [0.15, 0.2) is 16.5 Å². The molecule has 44 valence electrons. The summed E-state index contributed by atoms with van der Waals surface area (Å²) in [5.74, 6) is 0. The van der Waals surface area contributed by atoms with E-state index in [1.807, 2.05) is 0 Å². The van der Waals surface area contributed by atoms with E-state index in [1.54, 1.807) is 0 Å². The minimum Gasteiger partial charge on any atom is -0.274 e. The zero-order valence-corrected chi connectivity index (χ0v) is 5.11. The Labute approximate surface area is 55.4 Å². The Morgan fingerprint density at radius 1 is 1.50 bits per heavy atom. The van der Waals surface area contributed by atoms with Crippen molar-refractivity contribution in [3.8, 4) is 0 Å². The Morgan fingerprint density at radius 3 is 2.62 bits per heavy atom. The molecule has 1 rings (SSSR count). The molecule has 0 saturated carbocycles. The van der Waals surface area contributed by atoms with Crippen LogP contribution in [0.25, 0.3) is 0 Å². The molecule has 1 heterocycles. The Bertz CT molecular complexity index is 135. The van der Waals surface area contributed by atoms with Gasteiger partial charge in [0.15, 0.2) is 11.4 Å². The van der Waals surface area contributed by atoms with Gasteiger partial charge in [-0.25, -0.2) is 0 Å². The Balaban J connectivity index is 2.73. The van der Waals surface area contributed by atoms with E-state index >= 15 is 0 Å². The van der Waals surface area contributed by atoms with Gasteiger partial charge in [0.05, 0.1) is 0 Å². The van der Waals surface area contributed by atoms with Gasteiger partial charge in [-0.2, -0.15) is 4.99 Å². The SMILES string of the molecule is ClC1=COON=C1Cl. The van der Waals surface area contributed by atoms with E-state index in [1.165, 1.54) is 0 Å². The molecule has 0 aromatic carbocycles. The van der Waals surface area contributed by atoms with E-state index in [2.05, 4.69) is 15.0 Å². The molecule has 0 amide bonds. The molecule has 5 heteroatoms. The second kappa shape index (κ2) is 2.24. The first kappa shape index (κ1) is 5.72. The largest absolute Gasteiger partial charge is 0.274 e. The Hall–Kier alpha value is -0.410. The molecule has 0 aliphatic carbocycles. The monoisotopic (exact) mass is 153 g/mol. The third-order valence-electron chi connectivity index (χ3n) is 0.509. The van der Waals surface area contributed by atoms with Crippen LogP contribution < -0.4 is 0 Å². The zero-order valence-electron chi connectivity index (χ0n) is 3.60. The van der Waals surface area contributed by atoms with Crippen LogP contribution in [-0.4, -0.2) is 5.17 Å². The molecule has 0 bridgehead atoms. The Kier molecular flexibility index (Phi) is 1.60. The van der Waals surface area contributed by atoms with Gasteiger partial charge in [-0.15, -0.1) is 0 Å². The maximum absolute atomic E-state index is 5.36. The van der Waals surface area contributed by atoms with Crippen molar-refractivity contribution in [1.29, 1.82) is 0 Å². The summed E-state index contributed by atoms with van der Waals surface area (Å²) in [4.78, 5) is 8.23. The van der Waals surface area contributed by atoms with Gasteiger partial charge in [0.25, 0.3) is 0 Å². The second-order valence-electron chi connectivity index (χ2n) is 1.02. The summed E-state index contributed by atoms with van der Waals surface area (Å²) in [7, 11) is 0. The van der Waals surface area contributed by atoms with Crippen LogP contribution in [-0.2, 0) is 9.88 Å². The maximum Gasteiger partial charge on any atom is 0.195 e. The Morgan fingerprint density at radius 2 is 2.25 bits per heavy atom. The molecule has 0 aromatic heterocycles. The van der Waals surface area contributed by atoms with E-state index in [9.17, 15) is 0 Å². The summed E-state index contributed by atoms with van der Waals surface area (Å²) < 4.78 is 0. The van der Waals surface area contributed by atoms with Gasteiger partial charge in [0.1, 0.15) is 5.03 Å². The summed E-state index contributed by atoms with van der Waals surface area (Å²) in [6.45, 7) is 0. The van der Waals surface area contributed by atoms with Crippen LogP contribution >= 0.6 is 23.2 Å². The smallest absolute Gasteiger partial charge is 0.195 e. The fraction of sp³-hybridized carbons (Fsp3) is 0. The summed E-state index contributed by atoms with van der Waals surface area (Å²) in [5.41, 5.74) is 0. The highest BCUT2D eigenvalue weighted by Gasteiger charge is 2.06. The molecule has 0 aromatic rings. The van der Waals surface area contributed by atoms with Crippen LogP contribution in [0.4, 0.5) is 0 Å². The number of oxime groups is 1. The molecule has 1 aliphatic rings. The molecule has 8 heavy (non-hydrogen) atoms. The van der Waals surface area contributed by atoms with Crippen molar-refractivity contribution in [3.05, 3.63) is 11.3 Å². The van der Waals surface area contributed by atoms with E-state index in [0.29, 0.717) is 0 Å². The van der Waals surface area contributed by atoms with Crippen molar-refractivity contribution in [3.63, 3.8) is 0 Å². The molecule has 0 N–H and O–H groups in total. The van der Waals surface area contributed by atoms with E-state index in [-0.39, 0.29) is 10.2 Å². The number of nitrogens with zero attached hydrogens (tertiary/aromatic N) is 1. The summed E-state index contributed by atoms with van der Waals surface area (Å²) >= 11 is 10.7. The summed E-state index contributed by atoms with van der Waals surface area (Å²) in [5, 5.41) is 3.50. The molecular formula is C3HCl2NO2. The molecule has 0 atom stereocenters. The predicted molar refractivity (Wildman–Crippen MR) is 29.4 cm³/mol. The van der Waals surface area contributed by atoms with Crippen molar-refractivity contribution in [2.24, 2.45) is 5.16 Å². The van der Waals surface area contributed by atoms with Crippen molar-refractivity contribution in [2.75, 3.05) is 0 Å². The molecule has 0 saturated heterocycles. The van der Waals surface area contributed by atoms with E-state index in [0.717, 1.165) is 6.26 Å². The topological polar surface area (TPSA) is 30.8 Å². The minimum absolute atomic E-state index is 0.0953. The van der Waals surface area contributed by atoms with Gasteiger partial charge in [0, 0.05) is 0 Å².